The maximum absolute atomic E-state index is 12.9. The van der Waals surface area contributed by atoms with Gasteiger partial charge in [0.15, 0.2) is 5.76 Å². The van der Waals surface area contributed by atoms with E-state index in [9.17, 15) is 18.0 Å². The van der Waals surface area contributed by atoms with E-state index in [0.717, 1.165) is 18.0 Å². The van der Waals surface area contributed by atoms with Crippen LogP contribution in [0, 0.1) is 0 Å². The van der Waals surface area contributed by atoms with Gasteiger partial charge in [0, 0.05) is 37.9 Å². The van der Waals surface area contributed by atoms with Crippen LogP contribution in [0.1, 0.15) is 16.1 Å². The molecule has 9 heteroatoms. The molecule has 1 saturated heterocycles. The molecular weight excluding hydrogens is 419 g/mol. The fourth-order valence-electron chi connectivity index (χ4n) is 3.31. The van der Waals surface area contributed by atoms with Gasteiger partial charge in [0.1, 0.15) is 11.6 Å². The van der Waals surface area contributed by atoms with Gasteiger partial charge in [0.25, 0.3) is 5.91 Å². The van der Waals surface area contributed by atoms with Crippen molar-refractivity contribution in [2.45, 2.75) is 6.18 Å². The summed E-state index contributed by atoms with van der Waals surface area (Å²) in [7, 11) is 0. The molecule has 2 aromatic heterocycles. The zero-order valence-corrected chi connectivity index (χ0v) is 16.5. The number of furan rings is 1. The monoisotopic (exact) mass is 435 g/mol. The molecule has 0 radical (unpaired) electrons. The van der Waals surface area contributed by atoms with Crippen LogP contribution in [0.3, 0.4) is 0 Å². The number of hydrogen-bond acceptors (Lipinski definition) is 4. The Bertz CT molecular complexity index is 1040. The van der Waals surface area contributed by atoms with E-state index >= 15 is 0 Å². The lowest BCUT2D eigenvalue weighted by atomic mass is 10.1. The summed E-state index contributed by atoms with van der Waals surface area (Å²) in [6, 6.07) is 11.4. The molecule has 0 unspecified atom stereocenters. The average Bonchev–Trinajstić information content (AvgIpc) is 3.24. The number of alkyl halides is 3. The number of nitrogens with zero attached hydrogens (tertiary/aromatic N) is 3. The second-order valence-electron chi connectivity index (χ2n) is 6.86. The van der Waals surface area contributed by atoms with E-state index in [1.165, 1.54) is 24.3 Å². The number of amides is 1. The molecule has 3 heterocycles. The van der Waals surface area contributed by atoms with Crippen molar-refractivity contribution < 1.29 is 22.4 Å². The molecule has 1 aliphatic rings. The van der Waals surface area contributed by atoms with Crippen molar-refractivity contribution >= 4 is 23.3 Å². The highest BCUT2D eigenvalue weighted by Gasteiger charge is 2.31. The molecule has 3 aromatic rings. The molecule has 1 amide bonds. The fourth-order valence-corrected chi connectivity index (χ4v) is 3.42. The van der Waals surface area contributed by atoms with Crippen molar-refractivity contribution in [2.24, 2.45) is 0 Å². The molecule has 0 bridgehead atoms. The summed E-state index contributed by atoms with van der Waals surface area (Å²) in [5, 5.41) is 0.557. The lowest BCUT2D eigenvalue weighted by Gasteiger charge is -2.35. The molecule has 0 spiro atoms. The Morgan fingerprint density at radius 3 is 2.47 bits per heavy atom. The van der Waals surface area contributed by atoms with E-state index in [1.54, 1.807) is 17.2 Å². The Balaban J connectivity index is 1.43. The van der Waals surface area contributed by atoms with Crippen LogP contribution >= 0.6 is 11.6 Å². The van der Waals surface area contributed by atoms with Crippen molar-refractivity contribution in [3.05, 3.63) is 71.1 Å². The van der Waals surface area contributed by atoms with Gasteiger partial charge in [-0.3, -0.25) is 4.79 Å². The number of hydrogen-bond donors (Lipinski definition) is 0. The van der Waals surface area contributed by atoms with E-state index < -0.39 is 11.7 Å². The zero-order valence-electron chi connectivity index (χ0n) is 15.7. The fraction of sp³-hybridized carbons (Fsp3) is 0.238. The summed E-state index contributed by atoms with van der Waals surface area (Å²) < 4.78 is 44.4. The molecule has 5 nitrogen and oxygen atoms in total. The van der Waals surface area contributed by atoms with Crippen LogP contribution in [-0.4, -0.2) is 42.0 Å². The molecule has 30 heavy (non-hydrogen) atoms. The highest BCUT2D eigenvalue weighted by Crippen LogP contribution is 2.32. The van der Waals surface area contributed by atoms with Crippen LogP contribution in [0.4, 0.5) is 19.0 Å². The van der Waals surface area contributed by atoms with Crippen LogP contribution in [0.5, 0.6) is 0 Å². The maximum atomic E-state index is 12.9. The van der Waals surface area contributed by atoms with Crippen molar-refractivity contribution in [1.29, 1.82) is 0 Å². The molecular formula is C21H17ClF3N3O2. The summed E-state index contributed by atoms with van der Waals surface area (Å²) in [5.41, 5.74) is -0.501. The van der Waals surface area contributed by atoms with Gasteiger partial charge in [0.2, 0.25) is 0 Å². The van der Waals surface area contributed by atoms with Crippen LogP contribution in [-0.2, 0) is 6.18 Å². The lowest BCUT2D eigenvalue weighted by molar-refractivity contribution is -0.137. The van der Waals surface area contributed by atoms with Crippen LogP contribution in [0.2, 0.25) is 5.02 Å². The highest BCUT2D eigenvalue weighted by molar-refractivity contribution is 6.30. The molecule has 0 saturated carbocycles. The third-order valence-corrected chi connectivity index (χ3v) is 5.12. The van der Waals surface area contributed by atoms with Gasteiger partial charge in [-0.15, -0.1) is 0 Å². The molecule has 0 N–H and O–H groups in total. The van der Waals surface area contributed by atoms with Gasteiger partial charge in [-0.05, 0) is 36.4 Å². The summed E-state index contributed by atoms with van der Waals surface area (Å²) in [6.45, 7) is 2.15. The number of halogens is 4. The van der Waals surface area contributed by atoms with Crippen molar-refractivity contribution in [3.8, 4) is 11.3 Å². The van der Waals surface area contributed by atoms with Crippen LogP contribution < -0.4 is 4.90 Å². The van der Waals surface area contributed by atoms with Gasteiger partial charge in [-0.2, -0.15) is 13.2 Å². The average molecular weight is 436 g/mol. The van der Waals surface area contributed by atoms with Gasteiger partial charge in [-0.1, -0.05) is 23.7 Å². The Kier molecular flexibility index (Phi) is 5.42. The predicted molar refractivity (Wildman–Crippen MR) is 107 cm³/mol. The number of carbonyl (C=O) groups is 1. The Morgan fingerprint density at radius 1 is 1.03 bits per heavy atom. The van der Waals surface area contributed by atoms with Crippen molar-refractivity contribution in [2.75, 3.05) is 31.1 Å². The molecule has 1 fully saturated rings. The standard InChI is InChI=1S/C21H17ClF3N3O2/c22-16-4-7-19(26-13-16)27-8-10-28(11-9-27)20(29)18-6-5-17(30-18)14-2-1-3-15(12-14)21(23,24)25/h1-7,12-13H,8-11H2. The largest absolute Gasteiger partial charge is 0.451 e. The first-order valence-corrected chi connectivity index (χ1v) is 9.62. The maximum Gasteiger partial charge on any atom is 0.416 e. The normalized spacial score (nSPS) is 14.8. The molecule has 0 atom stereocenters. The summed E-state index contributed by atoms with van der Waals surface area (Å²) in [4.78, 5) is 20.7. The first kappa shape index (κ1) is 20.3. The van der Waals surface area contributed by atoms with Gasteiger partial charge < -0.3 is 14.2 Å². The molecule has 1 aromatic carbocycles. The summed E-state index contributed by atoms with van der Waals surface area (Å²) in [6.07, 6.45) is -2.87. The van der Waals surface area contributed by atoms with Crippen LogP contribution in [0.25, 0.3) is 11.3 Å². The molecule has 1 aliphatic heterocycles. The van der Waals surface area contributed by atoms with E-state index in [0.29, 0.717) is 31.2 Å². The Labute approximate surface area is 175 Å². The molecule has 0 aliphatic carbocycles. The first-order valence-electron chi connectivity index (χ1n) is 9.24. The number of pyridine rings is 1. The minimum absolute atomic E-state index is 0.0977. The number of anilines is 1. The quantitative estimate of drug-likeness (QED) is 0.582. The van der Waals surface area contributed by atoms with Crippen molar-refractivity contribution in [1.82, 2.24) is 9.88 Å². The molecule has 4 rings (SSSR count). The minimum atomic E-state index is -4.44. The van der Waals surface area contributed by atoms with Crippen molar-refractivity contribution in [3.63, 3.8) is 0 Å². The highest BCUT2D eigenvalue weighted by atomic mass is 35.5. The SMILES string of the molecule is O=C(c1ccc(-c2cccc(C(F)(F)F)c2)o1)N1CCN(c2ccc(Cl)cn2)CC1. The zero-order chi connectivity index (χ0) is 21.3. The summed E-state index contributed by atoms with van der Waals surface area (Å²) in [5.74, 6) is 0.808. The smallest absolute Gasteiger partial charge is 0.416 e. The third kappa shape index (κ3) is 4.28. The second-order valence-corrected chi connectivity index (χ2v) is 7.29. The summed E-state index contributed by atoms with van der Waals surface area (Å²) >= 11 is 5.86. The Morgan fingerprint density at radius 2 is 1.80 bits per heavy atom. The topological polar surface area (TPSA) is 49.6 Å². The number of aromatic nitrogens is 1. The predicted octanol–water partition coefficient (Wildman–Crippen LogP) is 4.98. The van der Waals surface area contributed by atoms with Gasteiger partial charge in [0.05, 0.1) is 10.6 Å². The lowest BCUT2D eigenvalue weighted by Crippen LogP contribution is -2.49. The number of carbonyl (C=O) groups excluding carboxylic acids is 1. The van der Waals surface area contributed by atoms with E-state index in [2.05, 4.69) is 9.88 Å². The molecule has 156 valence electrons. The van der Waals surface area contributed by atoms with E-state index in [4.69, 9.17) is 16.0 Å². The van der Waals surface area contributed by atoms with E-state index in [1.807, 2.05) is 6.07 Å². The van der Waals surface area contributed by atoms with Crippen LogP contribution in [0.15, 0.2) is 59.1 Å². The number of rotatable bonds is 3. The first-order chi connectivity index (χ1) is 14.3. The number of piperazine rings is 1. The van der Waals surface area contributed by atoms with Gasteiger partial charge in [-0.25, -0.2) is 4.98 Å². The van der Waals surface area contributed by atoms with Gasteiger partial charge >= 0.3 is 6.18 Å². The minimum Gasteiger partial charge on any atom is -0.451 e. The second kappa shape index (κ2) is 8.02. The van der Waals surface area contributed by atoms with E-state index in [-0.39, 0.29) is 23.0 Å². The number of benzene rings is 1. The Hall–Kier alpha value is -3.00. The third-order valence-electron chi connectivity index (χ3n) is 4.89.